The van der Waals surface area contributed by atoms with Gasteiger partial charge in [0.15, 0.2) is 0 Å². The fourth-order valence-corrected chi connectivity index (χ4v) is 4.11. The highest BCUT2D eigenvalue weighted by molar-refractivity contribution is 7.89. The Hall–Kier alpha value is -2.71. The van der Waals surface area contributed by atoms with Crippen molar-refractivity contribution in [3.05, 3.63) is 66.1 Å². The second-order valence-electron chi connectivity index (χ2n) is 7.03. The predicted octanol–water partition coefficient (Wildman–Crippen LogP) is 2.00. The van der Waals surface area contributed by atoms with Crippen molar-refractivity contribution >= 4 is 21.6 Å². The van der Waals surface area contributed by atoms with Gasteiger partial charge in [-0.2, -0.15) is 0 Å². The Labute approximate surface area is 163 Å². The van der Waals surface area contributed by atoms with Crippen LogP contribution >= 0.6 is 0 Å². The van der Waals surface area contributed by atoms with E-state index in [1.165, 1.54) is 12.1 Å². The Morgan fingerprint density at radius 2 is 2.04 bits per heavy atom. The Kier molecular flexibility index (Phi) is 5.15. The summed E-state index contributed by atoms with van der Waals surface area (Å²) < 4.78 is 29.3. The lowest BCUT2D eigenvalue weighted by Crippen LogP contribution is -2.28. The van der Waals surface area contributed by atoms with Crippen LogP contribution in [0.5, 0.6) is 0 Å². The molecule has 1 aromatic carbocycles. The highest BCUT2D eigenvalue weighted by Gasteiger charge is 2.24. The van der Waals surface area contributed by atoms with Crippen LogP contribution in [0.25, 0.3) is 5.65 Å². The summed E-state index contributed by atoms with van der Waals surface area (Å²) in [6.07, 6.45) is 6.58. The molecule has 7 nitrogen and oxygen atoms in total. The maximum absolute atomic E-state index is 12.4. The van der Waals surface area contributed by atoms with Crippen LogP contribution in [0, 0.1) is 5.92 Å². The number of hydrogen-bond acceptors (Lipinski definition) is 4. The molecule has 1 aliphatic carbocycles. The molecular formula is C20H22N4O3S. The van der Waals surface area contributed by atoms with Gasteiger partial charge in [-0.15, -0.1) is 0 Å². The van der Waals surface area contributed by atoms with Crippen molar-refractivity contribution in [1.82, 2.24) is 19.4 Å². The molecule has 0 radical (unpaired) electrons. The van der Waals surface area contributed by atoms with Crippen LogP contribution in [0.3, 0.4) is 0 Å². The second-order valence-corrected chi connectivity index (χ2v) is 8.79. The van der Waals surface area contributed by atoms with Crippen molar-refractivity contribution in [2.45, 2.75) is 24.2 Å². The van der Waals surface area contributed by atoms with Gasteiger partial charge in [0.2, 0.25) is 10.0 Å². The summed E-state index contributed by atoms with van der Waals surface area (Å²) in [4.78, 5) is 17.0. The van der Waals surface area contributed by atoms with Gasteiger partial charge >= 0.3 is 0 Å². The molecule has 146 valence electrons. The Bertz CT molecular complexity index is 1070. The lowest BCUT2D eigenvalue weighted by atomic mass is 10.2. The second kappa shape index (κ2) is 7.73. The number of amides is 1. The van der Waals surface area contributed by atoms with Crippen LogP contribution in [0.4, 0.5) is 0 Å². The van der Waals surface area contributed by atoms with E-state index in [0.717, 1.165) is 24.2 Å². The minimum atomic E-state index is -3.59. The number of rotatable bonds is 8. The first-order valence-electron chi connectivity index (χ1n) is 9.32. The van der Waals surface area contributed by atoms with E-state index in [4.69, 9.17) is 0 Å². The fourth-order valence-electron chi connectivity index (χ4n) is 2.95. The molecule has 4 rings (SSSR count). The van der Waals surface area contributed by atoms with Crippen LogP contribution in [-0.2, 0) is 16.4 Å². The zero-order valence-electron chi connectivity index (χ0n) is 15.3. The van der Waals surface area contributed by atoms with E-state index in [-0.39, 0.29) is 10.8 Å². The highest BCUT2D eigenvalue weighted by atomic mass is 32.2. The Balaban J connectivity index is 1.36. The van der Waals surface area contributed by atoms with E-state index < -0.39 is 10.0 Å². The van der Waals surface area contributed by atoms with Crippen LogP contribution in [0.1, 0.15) is 28.9 Å². The summed E-state index contributed by atoms with van der Waals surface area (Å²) in [7, 11) is -3.59. The van der Waals surface area contributed by atoms with Gasteiger partial charge in [0.05, 0.1) is 10.6 Å². The van der Waals surface area contributed by atoms with E-state index in [9.17, 15) is 13.2 Å². The van der Waals surface area contributed by atoms with Crippen molar-refractivity contribution in [2.75, 3.05) is 13.1 Å². The van der Waals surface area contributed by atoms with E-state index in [1.807, 2.05) is 35.0 Å². The zero-order valence-corrected chi connectivity index (χ0v) is 16.2. The summed E-state index contributed by atoms with van der Waals surface area (Å²) >= 11 is 0. The van der Waals surface area contributed by atoms with Crippen LogP contribution in [0.15, 0.2) is 59.8 Å². The molecule has 1 fully saturated rings. The molecule has 0 bridgehead atoms. The van der Waals surface area contributed by atoms with Gasteiger partial charge in [0, 0.05) is 37.5 Å². The third kappa shape index (κ3) is 4.40. The topological polar surface area (TPSA) is 92.6 Å². The van der Waals surface area contributed by atoms with E-state index in [2.05, 4.69) is 15.0 Å². The zero-order chi connectivity index (χ0) is 19.6. The normalized spacial score (nSPS) is 14.3. The summed E-state index contributed by atoms with van der Waals surface area (Å²) in [5, 5.41) is 2.83. The first-order chi connectivity index (χ1) is 13.5. The molecule has 28 heavy (non-hydrogen) atoms. The van der Waals surface area contributed by atoms with Gasteiger partial charge in [-0.3, -0.25) is 4.79 Å². The van der Waals surface area contributed by atoms with Crippen molar-refractivity contribution in [2.24, 2.45) is 5.92 Å². The first-order valence-corrected chi connectivity index (χ1v) is 10.8. The van der Waals surface area contributed by atoms with Gasteiger partial charge in [-0.05, 0) is 49.1 Å². The number of carbonyl (C=O) groups is 1. The number of hydrogen-bond donors (Lipinski definition) is 2. The first kappa shape index (κ1) is 18.6. The lowest BCUT2D eigenvalue weighted by molar-refractivity contribution is 0.0954. The lowest BCUT2D eigenvalue weighted by Gasteiger charge is -2.08. The number of imidazole rings is 1. The average molecular weight is 398 g/mol. The van der Waals surface area contributed by atoms with E-state index in [1.54, 1.807) is 12.1 Å². The van der Waals surface area contributed by atoms with Gasteiger partial charge in [-0.25, -0.2) is 18.1 Å². The fraction of sp³-hybridized carbons (Fsp3) is 0.300. The third-order valence-electron chi connectivity index (χ3n) is 4.75. The SMILES string of the molecule is O=C(NCCc1cn2ccccc2n1)c1cccc(S(=O)(=O)NCC2CC2)c1. The molecule has 0 atom stereocenters. The summed E-state index contributed by atoms with van der Waals surface area (Å²) in [6, 6.07) is 11.9. The molecule has 1 amide bonds. The number of nitrogens with zero attached hydrogens (tertiary/aromatic N) is 2. The maximum atomic E-state index is 12.4. The summed E-state index contributed by atoms with van der Waals surface area (Å²) in [5.74, 6) is 0.142. The number of aromatic nitrogens is 2. The largest absolute Gasteiger partial charge is 0.352 e. The third-order valence-corrected chi connectivity index (χ3v) is 6.17. The highest BCUT2D eigenvalue weighted by Crippen LogP contribution is 2.28. The van der Waals surface area contributed by atoms with Gasteiger partial charge in [0.1, 0.15) is 5.65 Å². The number of nitrogens with one attached hydrogen (secondary N) is 2. The molecule has 0 saturated heterocycles. The van der Waals surface area contributed by atoms with E-state index in [0.29, 0.717) is 31.0 Å². The molecule has 0 spiro atoms. The molecule has 0 aliphatic heterocycles. The van der Waals surface area contributed by atoms with Crippen molar-refractivity contribution in [3.63, 3.8) is 0 Å². The standard InChI is InChI=1S/C20H22N4O3S/c25-20(21-10-9-17-14-24-11-2-1-6-19(24)23-17)16-4-3-5-18(12-16)28(26,27)22-13-15-7-8-15/h1-6,11-12,14-15,22H,7-10,13H2,(H,21,25). The number of pyridine rings is 1. The average Bonchev–Trinajstić information content (AvgIpc) is 3.44. The molecule has 8 heteroatoms. The molecule has 2 N–H and O–H groups in total. The number of fused-ring (bicyclic) bond motifs is 1. The van der Waals surface area contributed by atoms with Crippen LogP contribution in [0.2, 0.25) is 0 Å². The quantitative estimate of drug-likeness (QED) is 0.607. The monoisotopic (exact) mass is 398 g/mol. The number of carbonyl (C=O) groups excluding carboxylic acids is 1. The number of sulfonamides is 1. The van der Waals surface area contributed by atoms with Crippen molar-refractivity contribution in [3.8, 4) is 0 Å². The summed E-state index contributed by atoms with van der Waals surface area (Å²) in [6.45, 7) is 0.872. The van der Waals surface area contributed by atoms with Gasteiger partial charge < -0.3 is 9.72 Å². The van der Waals surface area contributed by atoms with E-state index >= 15 is 0 Å². The molecule has 3 aromatic rings. The molecular weight excluding hydrogens is 376 g/mol. The number of benzene rings is 1. The smallest absolute Gasteiger partial charge is 0.251 e. The van der Waals surface area contributed by atoms with Gasteiger partial charge in [0.25, 0.3) is 5.91 Å². The van der Waals surface area contributed by atoms with Crippen molar-refractivity contribution in [1.29, 1.82) is 0 Å². The summed E-state index contributed by atoms with van der Waals surface area (Å²) in [5.41, 5.74) is 2.07. The maximum Gasteiger partial charge on any atom is 0.251 e. The minimum absolute atomic E-state index is 0.112. The predicted molar refractivity (Wildman–Crippen MR) is 106 cm³/mol. The minimum Gasteiger partial charge on any atom is -0.352 e. The molecule has 2 heterocycles. The van der Waals surface area contributed by atoms with Crippen LogP contribution < -0.4 is 10.0 Å². The Morgan fingerprint density at radius 3 is 2.82 bits per heavy atom. The Morgan fingerprint density at radius 1 is 1.18 bits per heavy atom. The molecule has 1 aliphatic rings. The molecule has 0 unspecified atom stereocenters. The molecule has 1 saturated carbocycles. The van der Waals surface area contributed by atoms with Gasteiger partial charge in [-0.1, -0.05) is 12.1 Å². The molecule has 2 aromatic heterocycles. The van der Waals surface area contributed by atoms with Crippen LogP contribution in [-0.4, -0.2) is 36.8 Å². The van der Waals surface area contributed by atoms with Crippen molar-refractivity contribution < 1.29 is 13.2 Å².